The van der Waals surface area contributed by atoms with Crippen LogP contribution in [0.5, 0.6) is 0 Å². The molecule has 24 heavy (non-hydrogen) atoms. The Morgan fingerprint density at radius 2 is 1.71 bits per heavy atom. The molecule has 0 unspecified atom stereocenters. The first-order chi connectivity index (χ1) is 11.4. The standard InChI is InChI=1S/C16H13BrF2N2O2S/c17-10-1-4-12(5-2-10)24-9-16(23)20-8-15(22)21-11-3-6-13(18)14(19)7-11/h1-7H,8-9H2,(H,20,23)(H,21,22). The average molecular weight is 415 g/mol. The number of rotatable bonds is 6. The van der Waals surface area contributed by atoms with E-state index >= 15 is 0 Å². The Balaban J connectivity index is 1.73. The molecule has 0 aliphatic carbocycles. The maximum Gasteiger partial charge on any atom is 0.243 e. The summed E-state index contributed by atoms with van der Waals surface area (Å²) < 4.78 is 26.8. The number of carbonyl (C=O) groups excluding carboxylic acids is 2. The van der Waals surface area contributed by atoms with Gasteiger partial charge in [0.2, 0.25) is 11.8 Å². The molecule has 0 aliphatic heterocycles. The van der Waals surface area contributed by atoms with Crippen molar-refractivity contribution in [2.45, 2.75) is 4.90 Å². The molecule has 2 N–H and O–H groups in total. The monoisotopic (exact) mass is 414 g/mol. The number of anilines is 1. The van der Waals surface area contributed by atoms with E-state index in [2.05, 4.69) is 26.6 Å². The fourth-order valence-electron chi connectivity index (χ4n) is 1.69. The first-order valence-corrected chi connectivity index (χ1v) is 8.62. The predicted molar refractivity (Wildman–Crippen MR) is 92.9 cm³/mol. The molecule has 0 saturated heterocycles. The molecule has 2 amide bonds. The third-order valence-electron chi connectivity index (χ3n) is 2.83. The maximum absolute atomic E-state index is 13.0. The fraction of sp³-hybridized carbons (Fsp3) is 0.125. The number of benzene rings is 2. The topological polar surface area (TPSA) is 58.2 Å². The molecular weight excluding hydrogens is 402 g/mol. The van der Waals surface area contributed by atoms with Gasteiger partial charge in [0.15, 0.2) is 11.6 Å². The first-order valence-electron chi connectivity index (χ1n) is 6.84. The van der Waals surface area contributed by atoms with E-state index < -0.39 is 17.5 Å². The van der Waals surface area contributed by atoms with Crippen molar-refractivity contribution < 1.29 is 18.4 Å². The van der Waals surface area contributed by atoms with Gasteiger partial charge < -0.3 is 10.6 Å². The summed E-state index contributed by atoms with van der Waals surface area (Å²) in [6.45, 7) is -0.251. The van der Waals surface area contributed by atoms with Gasteiger partial charge in [0, 0.05) is 21.1 Å². The number of carbonyl (C=O) groups is 2. The van der Waals surface area contributed by atoms with Gasteiger partial charge in [-0.2, -0.15) is 0 Å². The normalized spacial score (nSPS) is 10.3. The van der Waals surface area contributed by atoms with Crippen LogP contribution >= 0.6 is 27.7 Å². The second-order valence-corrected chi connectivity index (χ2v) is 6.66. The Hall–Kier alpha value is -1.93. The van der Waals surface area contributed by atoms with E-state index in [1.165, 1.54) is 17.8 Å². The van der Waals surface area contributed by atoms with Crippen molar-refractivity contribution in [3.05, 3.63) is 58.6 Å². The quantitative estimate of drug-likeness (QED) is 0.710. The second kappa shape index (κ2) is 8.79. The largest absolute Gasteiger partial charge is 0.346 e. The summed E-state index contributed by atoms with van der Waals surface area (Å²) >= 11 is 4.67. The lowest BCUT2D eigenvalue weighted by atomic mass is 10.3. The summed E-state index contributed by atoms with van der Waals surface area (Å²) in [5, 5.41) is 4.83. The molecule has 4 nitrogen and oxygen atoms in total. The zero-order valence-electron chi connectivity index (χ0n) is 12.3. The maximum atomic E-state index is 13.0. The van der Waals surface area contributed by atoms with Crippen LogP contribution in [-0.4, -0.2) is 24.1 Å². The van der Waals surface area contributed by atoms with Gasteiger partial charge in [-0.1, -0.05) is 15.9 Å². The van der Waals surface area contributed by atoms with Gasteiger partial charge in [-0.15, -0.1) is 11.8 Å². The molecule has 0 saturated carbocycles. The van der Waals surface area contributed by atoms with Crippen molar-refractivity contribution in [1.29, 1.82) is 0 Å². The van der Waals surface area contributed by atoms with Crippen LogP contribution in [0, 0.1) is 11.6 Å². The van der Waals surface area contributed by atoms with Crippen LogP contribution in [-0.2, 0) is 9.59 Å². The molecule has 8 heteroatoms. The van der Waals surface area contributed by atoms with Crippen LogP contribution < -0.4 is 10.6 Å². The Bertz CT molecular complexity index is 741. The van der Waals surface area contributed by atoms with Crippen molar-refractivity contribution in [2.24, 2.45) is 0 Å². The summed E-state index contributed by atoms with van der Waals surface area (Å²) in [4.78, 5) is 24.3. The zero-order valence-corrected chi connectivity index (χ0v) is 14.7. The highest BCUT2D eigenvalue weighted by Gasteiger charge is 2.08. The molecule has 0 bridgehead atoms. The number of thioether (sulfide) groups is 1. The summed E-state index contributed by atoms with van der Waals surface area (Å²) in [5.41, 5.74) is 0.123. The number of hydrogen-bond acceptors (Lipinski definition) is 3. The molecule has 2 rings (SSSR count). The van der Waals surface area contributed by atoms with E-state index in [1.807, 2.05) is 24.3 Å². The molecule has 0 aliphatic rings. The molecule has 2 aromatic carbocycles. The van der Waals surface area contributed by atoms with Crippen molar-refractivity contribution in [1.82, 2.24) is 5.32 Å². The zero-order chi connectivity index (χ0) is 17.5. The highest BCUT2D eigenvalue weighted by atomic mass is 79.9. The lowest BCUT2D eigenvalue weighted by Crippen LogP contribution is -2.33. The van der Waals surface area contributed by atoms with Crippen molar-refractivity contribution in [2.75, 3.05) is 17.6 Å². The van der Waals surface area contributed by atoms with Crippen LogP contribution in [0.2, 0.25) is 0 Å². The predicted octanol–water partition coefficient (Wildman–Crippen LogP) is 3.57. The van der Waals surface area contributed by atoms with E-state index in [1.54, 1.807) is 0 Å². The Morgan fingerprint density at radius 3 is 2.38 bits per heavy atom. The van der Waals surface area contributed by atoms with Gasteiger partial charge in [0.25, 0.3) is 0 Å². The highest BCUT2D eigenvalue weighted by molar-refractivity contribution is 9.10. The van der Waals surface area contributed by atoms with Gasteiger partial charge in [-0.05, 0) is 36.4 Å². The minimum absolute atomic E-state index is 0.123. The fourth-order valence-corrected chi connectivity index (χ4v) is 2.68. The van der Waals surface area contributed by atoms with E-state index in [-0.39, 0.29) is 23.9 Å². The lowest BCUT2D eigenvalue weighted by Gasteiger charge is -2.07. The molecule has 2 aromatic rings. The van der Waals surface area contributed by atoms with Crippen LogP contribution in [0.4, 0.5) is 14.5 Å². The van der Waals surface area contributed by atoms with Crippen molar-refractivity contribution >= 4 is 45.2 Å². The van der Waals surface area contributed by atoms with Crippen LogP contribution in [0.3, 0.4) is 0 Å². The Labute approximate surface area is 150 Å². The first kappa shape index (κ1) is 18.4. The lowest BCUT2D eigenvalue weighted by molar-refractivity contribution is -0.122. The minimum atomic E-state index is -1.05. The van der Waals surface area contributed by atoms with Crippen LogP contribution in [0.15, 0.2) is 51.8 Å². The summed E-state index contributed by atoms with van der Waals surface area (Å²) in [6.07, 6.45) is 0. The number of amides is 2. The van der Waals surface area contributed by atoms with Gasteiger partial charge >= 0.3 is 0 Å². The molecule has 0 heterocycles. The van der Waals surface area contributed by atoms with Gasteiger partial charge in [0.05, 0.1) is 12.3 Å². The third-order valence-corrected chi connectivity index (χ3v) is 4.37. The number of hydrogen-bond donors (Lipinski definition) is 2. The minimum Gasteiger partial charge on any atom is -0.346 e. The van der Waals surface area contributed by atoms with Crippen LogP contribution in [0.25, 0.3) is 0 Å². The van der Waals surface area contributed by atoms with Crippen molar-refractivity contribution in [3.8, 4) is 0 Å². The molecule has 0 atom stereocenters. The Morgan fingerprint density at radius 1 is 1.00 bits per heavy atom. The third kappa shape index (κ3) is 5.93. The van der Waals surface area contributed by atoms with Gasteiger partial charge in [-0.3, -0.25) is 9.59 Å². The van der Waals surface area contributed by atoms with E-state index in [0.717, 1.165) is 21.5 Å². The molecule has 126 valence electrons. The second-order valence-electron chi connectivity index (χ2n) is 4.70. The summed E-state index contributed by atoms with van der Waals surface area (Å²) in [5.74, 6) is -2.71. The van der Waals surface area contributed by atoms with E-state index in [4.69, 9.17) is 0 Å². The number of nitrogens with one attached hydrogen (secondary N) is 2. The Kier molecular flexibility index (Phi) is 6.74. The van der Waals surface area contributed by atoms with Gasteiger partial charge in [-0.25, -0.2) is 8.78 Å². The van der Waals surface area contributed by atoms with E-state index in [0.29, 0.717) is 0 Å². The summed E-state index contributed by atoms with van der Waals surface area (Å²) in [6, 6.07) is 10.5. The van der Waals surface area contributed by atoms with Crippen LogP contribution in [0.1, 0.15) is 0 Å². The molecule has 0 aromatic heterocycles. The molecular formula is C16H13BrF2N2O2S. The SMILES string of the molecule is O=C(CSc1ccc(Br)cc1)NCC(=O)Nc1ccc(F)c(F)c1. The average Bonchev–Trinajstić information content (AvgIpc) is 2.56. The highest BCUT2D eigenvalue weighted by Crippen LogP contribution is 2.20. The number of halogens is 3. The molecule has 0 spiro atoms. The summed E-state index contributed by atoms with van der Waals surface area (Å²) in [7, 11) is 0. The molecule has 0 fully saturated rings. The van der Waals surface area contributed by atoms with Crippen molar-refractivity contribution in [3.63, 3.8) is 0 Å². The molecule has 0 radical (unpaired) electrons. The van der Waals surface area contributed by atoms with Gasteiger partial charge in [0.1, 0.15) is 0 Å². The van der Waals surface area contributed by atoms with E-state index in [9.17, 15) is 18.4 Å². The smallest absolute Gasteiger partial charge is 0.243 e.